The van der Waals surface area contributed by atoms with Crippen LogP contribution in [-0.4, -0.2) is 33.5 Å². The van der Waals surface area contributed by atoms with Crippen molar-refractivity contribution >= 4 is 22.3 Å². The van der Waals surface area contributed by atoms with Crippen LogP contribution in [0.5, 0.6) is 23.0 Å². The highest BCUT2D eigenvalue weighted by Crippen LogP contribution is 2.37. The van der Waals surface area contributed by atoms with Gasteiger partial charge in [0.15, 0.2) is 11.5 Å². The summed E-state index contributed by atoms with van der Waals surface area (Å²) in [5.74, 6) is 1.12. The molecule has 0 saturated heterocycles. The number of ketones is 2. The molecule has 42 heavy (non-hydrogen) atoms. The first kappa shape index (κ1) is 29.2. The molecule has 0 amide bonds. The summed E-state index contributed by atoms with van der Waals surface area (Å²) in [6.45, 7) is 0.590. The van der Waals surface area contributed by atoms with E-state index >= 15 is 0 Å². The molecule has 4 aromatic carbocycles. The van der Waals surface area contributed by atoms with Crippen LogP contribution in [-0.2, 0) is 28.9 Å². The van der Waals surface area contributed by atoms with Crippen LogP contribution in [0.2, 0.25) is 0 Å². The van der Waals surface area contributed by atoms with E-state index < -0.39 is 0 Å². The van der Waals surface area contributed by atoms with Gasteiger partial charge < -0.3 is 20.1 Å². The van der Waals surface area contributed by atoms with E-state index in [0.717, 1.165) is 83.5 Å². The Morgan fingerprint density at radius 2 is 1.50 bits per heavy atom. The van der Waals surface area contributed by atoms with Crippen molar-refractivity contribution in [2.24, 2.45) is 0 Å². The van der Waals surface area contributed by atoms with E-state index in [2.05, 4.69) is 0 Å². The van der Waals surface area contributed by atoms with E-state index in [0.29, 0.717) is 31.6 Å². The van der Waals surface area contributed by atoms with Crippen LogP contribution in [0, 0.1) is 0 Å². The Labute approximate surface area is 246 Å². The number of Topliss-reactive ketones (excluding diaryl/α,β-unsaturated/α-hetero) is 2. The van der Waals surface area contributed by atoms with Gasteiger partial charge in [-0.15, -0.1) is 0 Å². The molecule has 0 aliphatic carbocycles. The van der Waals surface area contributed by atoms with Crippen molar-refractivity contribution in [3.05, 3.63) is 83.4 Å². The zero-order valence-electron chi connectivity index (χ0n) is 23.9. The number of aromatic hydroxyl groups is 3. The van der Waals surface area contributed by atoms with E-state index in [9.17, 15) is 24.9 Å². The molecule has 0 saturated carbocycles. The number of ether oxygens (including phenoxy) is 1. The van der Waals surface area contributed by atoms with Gasteiger partial charge in [0.2, 0.25) is 0 Å². The lowest BCUT2D eigenvalue weighted by atomic mass is 9.93. The minimum Gasteiger partial charge on any atom is -0.508 e. The van der Waals surface area contributed by atoms with E-state index in [1.54, 1.807) is 24.3 Å². The number of hydrogen-bond donors (Lipinski definition) is 3. The number of fused-ring (bicyclic) bond motifs is 2. The van der Waals surface area contributed by atoms with Gasteiger partial charge in [0.1, 0.15) is 23.1 Å². The van der Waals surface area contributed by atoms with Gasteiger partial charge in [0, 0.05) is 24.0 Å². The Morgan fingerprint density at radius 1 is 0.714 bits per heavy atom. The fourth-order valence-corrected chi connectivity index (χ4v) is 5.93. The second-order valence-electron chi connectivity index (χ2n) is 11.2. The third-order valence-corrected chi connectivity index (χ3v) is 8.11. The molecule has 0 radical (unpaired) electrons. The lowest BCUT2D eigenvalue weighted by Crippen LogP contribution is -2.12. The van der Waals surface area contributed by atoms with Crippen molar-refractivity contribution in [3.63, 3.8) is 0 Å². The fourth-order valence-electron chi connectivity index (χ4n) is 5.93. The molecule has 1 aliphatic rings. The van der Waals surface area contributed by atoms with Gasteiger partial charge in [-0.2, -0.15) is 0 Å². The molecule has 6 heteroatoms. The maximum absolute atomic E-state index is 12.5. The molecule has 3 N–H and O–H groups in total. The van der Waals surface area contributed by atoms with E-state index in [1.807, 2.05) is 42.5 Å². The summed E-state index contributed by atoms with van der Waals surface area (Å²) in [5.41, 5.74) is 4.85. The normalized spacial score (nSPS) is 12.6. The Hall–Kier alpha value is -4.32. The van der Waals surface area contributed by atoms with Crippen molar-refractivity contribution in [1.29, 1.82) is 0 Å². The molecule has 0 fully saturated rings. The molecule has 1 heterocycles. The highest BCUT2D eigenvalue weighted by atomic mass is 16.5. The summed E-state index contributed by atoms with van der Waals surface area (Å²) in [6.07, 6.45) is 7.37. The quantitative estimate of drug-likeness (QED) is 0.114. The number of hydrogen-bond acceptors (Lipinski definition) is 6. The maximum Gasteiger partial charge on any atom is 0.164 e. The second-order valence-corrected chi connectivity index (χ2v) is 11.2. The van der Waals surface area contributed by atoms with Crippen molar-refractivity contribution in [2.45, 2.75) is 70.6 Å². The monoisotopic (exact) mass is 566 g/mol. The van der Waals surface area contributed by atoms with Crippen LogP contribution in [0.1, 0.15) is 68.1 Å². The van der Waals surface area contributed by atoms with Gasteiger partial charge >= 0.3 is 0 Å². The predicted molar refractivity (Wildman–Crippen MR) is 164 cm³/mol. The predicted octanol–water partition coefficient (Wildman–Crippen LogP) is 7.60. The van der Waals surface area contributed by atoms with Gasteiger partial charge in [-0.25, -0.2) is 0 Å². The number of phenols is 3. The summed E-state index contributed by atoms with van der Waals surface area (Å²) < 4.78 is 5.60. The van der Waals surface area contributed by atoms with Gasteiger partial charge in [-0.1, -0.05) is 49.2 Å². The maximum atomic E-state index is 12.5. The number of benzene rings is 4. The minimum absolute atomic E-state index is 0.00374. The average Bonchev–Trinajstić information content (AvgIpc) is 2.98. The molecule has 6 nitrogen and oxygen atoms in total. The van der Waals surface area contributed by atoms with Crippen LogP contribution < -0.4 is 4.74 Å². The number of rotatable bonds is 13. The van der Waals surface area contributed by atoms with Crippen molar-refractivity contribution in [2.75, 3.05) is 6.61 Å². The van der Waals surface area contributed by atoms with Crippen LogP contribution in [0.15, 0.2) is 66.7 Å². The molecule has 0 spiro atoms. The molecule has 0 aromatic heterocycles. The van der Waals surface area contributed by atoms with Gasteiger partial charge in [0.05, 0.1) is 13.0 Å². The number of carbonyl (C=O) groups is 2. The number of phenolic OH excluding ortho intramolecular Hbond substituents is 3. The first-order valence-electron chi connectivity index (χ1n) is 14.9. The van der Waals surface area contributed by atoms with Gasteiger partial charge in [-0.05, 0) is 96.3 Å². The standard InChI is InChI=1S/C36H38O6/c37-29(23-31(39)17-14-24-16-19-34(41)36-32(24)10-6-20-42-36)9-4-2-1-3-7-25-8-5-11-33(40)35(25)28-13-12-27-22-30(38)18-15-26(27)21-28/h5,8,11-13,15-16,18-19,21-22,38,40-41H,1-4,6-7,9-10,14,17,20,23H2. The summed E-state index contributed by atoms with van der Waals surface area (Å²) in [4.78, 5) is 24.9. The Balaban J connectivity index is 1.05. The molecule has 0 unspecified atom stereocenters. The Morgan fingerprint density at radius 3 is 2.38 bits per heavy atom. The summed E-state index contributed by atoms with van der Waals surface area (Å²) in [7, 11) is 0. The number of aryl methyl sites for hydroxylation is 2. The van der Waals surface area contributed by atoms with E-state index in [4.69, 9.17) is 4.74 Å². The lowest BCUT2D eigenvalue weighted by molar-refractivity contribution is -0.127. The van der Waals surface area contributed by atoms with Gasteiger partial charge in [0.25, 0.3) is 0 Å². The average molecular weight is 567 g/mol. The van der Waals surface area contributed by atoms with E-state index in [-0.39, 0.29) is 35.2 Å². The second kappa shape index (κ2) is 13.6. The zero-order valence-corrected chi connectivity index (χ0v) is 23.9. The topological polar surface area (TPSA) is 104 Å². The van der Waals surface area contributed by atoms with Crippen molar-refractivity contribution in [1.82, 2.24) is 0 Å². The molecule has 1 aliphatic heterocycles. The largest absolute Gasteiger partial charge is 0.508 e. The first-order chi connectivity index (χ1) is 20.4. The molecular weight excluding hydrogens is 528 g/mol. The molecule has 5 rings (SSSR count). The lowest BCUT2D eigenvalue weighted by Gasteiger charge is -2.21. The highest BCUT2D eigenvalue weighted by molar-refractivity contribution is 5.99. The minimum atomic E-state index is -0.0412. The first-order valence-corrected chi connectivity index (χ1v) is 14.9. The third-order valence-electron chi connectivity index (χ3n) is 8.11. The van der Waals surface area contributed by atoms with Gasteiger partial charge in [-0.3, -0.25) is 9.59 Å². The number of unbranched alkanes of at least 4 members (excludes halogenated alkanes) is 3. The molecular formula is C36H38O6. The van der Waals surface area contributed by atoms with Crippen LogP contribution in [0.3, 0.4) is 0 Å². The van der Waals surface area contributed by atoms with Crippen LogP contribution >= 0.6 is 0 Å². The summed E-state index contributed by atoms with van der Waals surface area (Å²) in [6, 6.07) is 20.3. The van der Waals surface area contributed by atoms with Crippen LogP contribution in [0.4, 0.5) is 0 Å². The van der Waals surface area contributed by atoms with Crippen LogP contribution in [0.25, 0.3) is 21.9 Å². The smallest absolute Gasteiger partial charge is 0.164 e. The zero-order chi connectivity index (χ0) is 29.5. The Kier molecular flexibility index (Phi) is 9.42. The highest BCUT2D eigenvalue weighted by Gasteiger charge is 2.19. The van der Waals surface area contributed by atoms with Crippen molar-refractivity contribution < 1.29 is 29.6 Å². The fraction of sp³-hybridized carbons (Fsp3) is 0.333. The SMILES string of the molecule is O=C(CCCCCCc1cccc(O)c1-c1ccc2cc(O)ccc2c1)CC(=O)CCc1ccc(O)c2c1CCCO2. The molecule has 218 valence electrons. The third kappa shape index (κ3) is 7.11. The Bertz CT molecular complexity index is 1590. The number of carbonyl (C=O) groups excluding carboxylic acids is 2. The van der Waals surface area contributed by atoms with E-state index in [1.165, 1.54) is 0 Å². The molecule has 4 aromatic rings. The van der Waals surface area contributed by atoms with Crippen molar-refractivity contribution in [3.8, 4) is 34.1 Å². The molecule has 0 bridgehead atoms. The summed E-state index contributed by atoms with van der Waals surface area (Å²) in [5, 5.41) is 32.4. The summed E-state index contributed by atoms with van der Waals surface area (Å²) >= 11 is 0. The molecule has 0 atom stereocenters.